The van der Waals surface area contributed by atoms with E-state index in [0.29, 0.717) is 18.1 Å². The lowest BCUT2D eigenvalue weighted by molar-refractivity contribution is 0.306. The van der Waals surface area contributed by atoms with Gasteiger partial charge in [-0.2, -0.15) is 5.26 Å². The topological polar surface area (TPSA) is 96.9 Å². The van der Waals surface area contributed by atoms with E-state index in [0.717, 1.165) is 35.4 Å². The van der Waals surface area contributed by atoms with Crippen LogP contribution in [0, 0.1) is 18.3 Å². The summed E-state index contributed by atoms with van der Waals surface area (Å²) in [6.45, 7) is 4.79. The molecule has 1 unspecified atom stereocenters. The molecule has 1 aromatic heterocycles. The molecule has 1 aliphatic rings. The maximum Gasteiger partial charge on any atom is 0.244 e. The standard InChI is InChI=1S/C19H22N4O2/c1-3-4-5-10-24-14-8-6-13(7-9-14)17-15(11-20)18(21)25-19-16(17)12(2)22-23-19/h6-9,17H,3-5,10,21H2,1-2H3,(H,22,23). The van der Waals surface area contributed by atoms with Crippen molar-refractivity contribution in [3.8, 4) is 17.7 Å². The number of nitrogens with one attached hydrogen (secondary N) is 1. The van der Waals surface area contributed by atoms with E-state index >= 15 is 0 Å². The normalized spacial score (nSPS) is 16.1. The van der Waals surface area contributed by atoms with E-state index in [-0.39, 0.29) is 11.8 Å². The highest BCUT2D eigenvalue weighted by molar-refractivity contribution is 5.55. The van der Waals surface area contributed by atoms with Crippen LogP contribution in [0.25, 0.3) is 0 Å². The van der Waals surface area contributed by atoms with Crippen molar-refractivity contribution in [2.75, 3.05) is 6.61 Å². The zero-order valence-electron chi connectivity index (χ0n) is 14.5. The first kappa shape index (κ1) is 16.9. The molecule has 3 rings (SSSR count). The number of fused-ring (bicyclic) bond motifs is 1. The molecule has 25 heavy (non-hydrogen) atoms. The third-order valence-electron chi connectivity index (χ3n) is 4.36. The van der Waals surface area contributed by atoms with Crippen molar-refractivity contribution in [3.63, 3.8) is 0 Å². The molecule has 0 spiro atoms. The monoisotopic (exact) mass is 338 g/mol. The van der Waals surface area contributed by atoms with Gasteiger partial charge in [0, 0.05) is 11.3 Å². The van der Waals surface area contributed by atoms with E-state index < -0.39 is 0 Å². The van der Waals surface area contributed by atoms with E-state index in [1.807, 2.05) is 31.2 Å². The number of rotatable bonds is 6. The Morgan fingerprint density at radius 1 is 1.32 bits per heavy atom. The molecule has 0 amide bonds. The molecule has 0 fully saturated rings. The summed E-state index contributed by atoms with van der Waals surface area (Å²) in [6.07, 6.45) is 3.38. The molecule has 130 valence electrons. The fraction of sp³-hybridized carbons (Fsp3) is 0.368. The molecule has 0 saturated carbocycles. The first-order valence-corrected chi connectivity index (χ1v) is 8.51. The van der Waals surface area contributed by atoms with Gasteiger partial charge in [0.2, 0.25) is 11.8 Å². The van der Waals surface area contributed by atoms with Crippen molar-refractivity contribution in [3.05, 3.63) is 52.5 Å². The molecule has 1 aliphatic heterocycles. The Hall–Kier alpha value is -2.94. The van der Waals surface area contributed by atoms with Crippen LogP contribution in [0.1, 0.15) is 48.9 Å². The Morgan fingerprint density at radius 3 is 2.76 bits per heavy atom. The smallest absolute Gasteiger partial charge is 0.244 e. The molecule has 0 radical (unpaired) electrons. The second kappa shape index (κ2) is 7.31. The molecule has 6 nitrogen and oxygen atoms in total. The van der Waals surface area contributed by atoms with E-state index in [9.17, 15) is 5.26 Å². The van der Waals surface area contributed by atoms with E-state index in [2.05, 4.69) is 23.2 Å². The summed E-state index contributed by atoms with van der Waals surface area (Å²) in [5.74, 6) is 1.07. The van der Waals surface area contributed by atoms with Crippen molar-refractivity contribution < 1.29 is 9.47 Å². The van der Waals surface area contributed by atoms with Gasteiger partial charge in [0.25, 0.3) is 0 Å². The molecular weight excluding hydrogens is 316 g/mol. The zero-order valence-corrected chi connectivity index (χ0v) is 14.5. The highest BCUT2D eigenvalue weighted by Gasteiger charge is 2.34. The first-order valence-electron chi connectivity index (χ1n) is 8.51. The van der Waals surface area contributed by atoms with Crippen LogP contribution in [0.5, 0.6) is 11.6 Å². The second-order valence-electron chi connectivity index (χ2n) is 6.12. The third kappa shape index (κ3) is 3.31. The first-order chi connectivity index (χ1) is 12.2. The Kier molecular flexibility index (Phi) is 4.94. The largest absolute Gasteiger partial charge is 0.494 e. The number of allylic oxidation sites excluding steroid dienone is 1. The highest BCUT2D eigenvalue weighted by atomic mass is 16.5. The Balaban J connectivity index is 1.87. The average Bonchev–Trinajstić information content (AvgIpc) is 2.98. The Labute approximate surface area is 147 Å². The number of aryl methyl sites for hydroxylation is 1. The van der Waals surface area contributed by atoms with Crippen molar-refractivity contribution in [1.29, 1.82) is 5.26 Å². The number of aromatic amines is 1. The summed E-state index contributed by atoms with van der Waals surface area (Å²) in [5, 5.41) is 16.6. The number of nitrogens with two attached hydrogens (primary N) is 1. The van der Waals surface area contributed by atoms with E-state index in [4.69, 9.17) is 15.2 Å². The highest BCUT2D eigenvalue weighted by Crippen LogP contribution is 2.42. The average molecular weight is 338 g/mol. The molecule has 0 bridgehead atoms. The minimum absolute atomic E-state index is 0.103. The van der Waals surface area contributed by atoms with Gasteiger partial charge in [0.05, 0.1) is 12.5 Å². The van der Waals surface area contributed by atoms with Gasteiger partial charge in [-0.15, -0.1) is 5.10 Å². The van der Waals surface area contributed by atoms with Crippen LogP contribution in [0.4, 0.5) is 0 Å². The number of nitriles is 1. The second-order valence-corrected chi connectivity index (χ2v) is 6.12. The quantitative estimate of drug-likeness (QED) is 0.786. The van der Waals surface area contributed by atoms with Crippen molar-refractivity contribution >= 4 is 0 Å². The molecule has 2 heterocycles. The van der Waals surface area contributed by atoms with Gasteiger partial charge in [0.1, 0.15) is 17.4 Å². The number of nitrogens with zero attached hydrogens (tertiary/aromatic N) is 2. The summed E-state index contributed by atoms with van der Waals surface area (Å²) < 4.78 is 11.2. The molecular formula is C19H22N4O2. The molecule has 1 aromatic carbocycles. The van der Waals surface area contributed by atoms with Crippen LogP contribution in [0.3, 0.4) is 0 Å². The van der Waals surface area contributed by atoms with Crippen LogP contribution in [0.2, 0.25) is 0 Å². The fourth-order valence-corrected chi connectivity index (χ4v) is 3.03. The number of hydrogen-bond acceptors (Lipinski definition) is 5. The van der Waals surface area contributed by atoms with E-state index in [1.54, 1.807) is 0 Å². The summed E-state index contributed by atoms with van der Waals surface area (Å²) in [6, 6.07) is 9.96. The van der Waals surface area contributed by atoms with E-state index in [1.165, 1.54) is 6.42 Å². The van der Waals surface area contributed by atoms with Gasteiger partial charge in [-0.1, -0.05) is 31.9 Å². The lowest BCUT2D eigenvalue weighted by Crippen LogP contribution is -2.21. The van der Waals surface area contributed by atoms with Gasteiger partial charge in [-0.3, -0.25) is 5.10 Å². The molecule has 2 aromatic rings. The molecule has 0 aliphatic carbocycles. The lowest BCUT2D eigenvalue weighted by atomic mass is 9.84. The summed E-state index contributed by atoms with van der Waals surface area (Å²) in [4.78, 5) is 0. The molecule has 1 atom stereocenters. The number of ether oxygens (including phenoxy) is 2. The molecule has 6 heteroatoms. The Bertz CT molecular complexity index is 815. The van der Waals surface area contributed by atoms with Gasteiger partial charge >= 0.3 is 0 Å². The Morgan fingerprint density at radius 2 is 2.08 bits per heavy atom. The van der Waals surface area contributed by atoms with Crippen LogP contribution < -0.4 is 15.2 Å². The summed E-state index contributed by atoms with van der Waals surface area (Å²) in [7, 11) is 0. The van der Waals surface area contributed by atoms with Crippen LogP contribution in [-0.4, -0.2) is 16.8 Å². The van der Waals surface area contributed by atoms with Gasteiger partial charge in [-0.25, -0.2) is 0 Å². The SMILES string of the molecule is CCCCCOc1ccc(C2C(C#N)=C(N)Oc3n[nH]c(C)c32)cc1. The summed E-state index contributed by atoms with van der Waals surface area (Å²) in [5.41, 5.74) is 8.98. The summed E-state index contributed by atoms with van der Waals surface area (Å²) >= 11 is 0. The predicted octanol–water partition coefficient (Wildman–Crippen LogP) is 3.51. The number of hydrogen-bond donors (Lipinski definition) is 2. The molecule has 0 saturated heterocycles. The van der Waals surface area contributed by atoms with Crippen molar-refractivity contribution in [2.24, 2.45) is 5.73 Å². The minimum Gasteiger partial charge on any atom is -0.494 e. The van der Waals surface area contributed by atoms with Crippen LogP contribution in [-0.2, 0) is 0 Å². The minimum atomic E-state index is -0.290. The van der Waals surface area contributed by atoms with Gasteiger partial charge in [-0.05, 0) is 31.0 Å². The maximum absolute atomic E-state index is 9.55. The molecule has 3 N–H and O–H groups in total. The van der Waals surface area contributed by atoms with Crippen LogP contribution in [0.15, 0.2) is 35.7 Å². The maximum atomic E-state index is 9.55. The van der Waals surface area contributed by atoms with Crippen molar-refractivity contribution in [1.82, 2.24) is 10.2 Å². The number of benzene rings is 1. The third-order valence-corrected chi connectivity index (χ3v) is 4.36. The zero-order chi connectivity index (χ0) is 17.8. The lowest BCUT2D eigenvalue weighted by Gasteiger charge is -2.23. The fourth-order valence-electron chi connectivity index (χ4n) is 3.03. The van der Waals surface area contributed by atoms with Crippen LogP contribution >= 0.6 is 0 Å². The number of unbranched alkanes of at least 4 members (excludes halogenated alkanes) is 2. The number of H-pyrrole nitrogens is 1. The van der Waals surface area contributed by atoms with Gasteiger partial charge in [0.15, 0.2) is 0 Å². The predicted molar refractivity (Wildman–Crippen MR) is 94.1 cm³/mol. The van der Waals surface area contributed by atoms with Gasteiger partial charge < -0.3 is 15.2 Å². The van der Waals surface area contributed by atoms with Crippen molar-refractivity contribution in [2.45, 2.75) is 39.0 Å². The number of aromatic nitrogens is 2.